The minimum Gasteiger partial charge on any atom is -0.385 e. The zero-order chi connectivity index (χ0) is 11.8. The molecule has 0 spiro atoms. The molecule has 2 atom stereocenters. The van der Waals surface area contributed by atoms with Crippen LogP contribution in [0.1, 0.15) is 49.2 Å². The van der Waals surface area contributed by atoms with Crippen molar-refractivity contribution < 1.29 is 5.11 Å². The van der Waals surface area contributed by atoms with Crippen molar-refractivity contribution in [2.45, 2.75) is 44.2 Å². The molecule has 0 aliphatic carbocycles. The van der Waals surface area contributed by atoms with Crippen LogP contribution in [0.2, 0.25) is 0 Å². The van der Waals surface area contributed by atoms with Gasteiger partial charge in [-0.25, -0.2) is 4.98 Å². The number of hydrogen-bond acceptors (Lipinski definition) is 3. The van der Waals surface area contributed by atoms with Crippen molar-refractivity contribution in [1.29, 1.82) is 0 Å². The fraction of sp³-hybridized carbons (Fsp3) is 0.769. The Morgan fingerprint density at radius 1 is 1.29 bits per heavy atom. The molecule has 2 aliphatic heterocycles. The first-order valence-electron chi connectivity index (χ1n) is 6.67. The van der Waals surface area contributed by atoms with Gasteiger partial charge in [0.15, 0.2) is 0 Å². The Labute approximate surface area is 102 Å². The fourth-order valence-electron chi connectivity index (χ4n) is 3.08. The number of aryl methyl sites for hydroxylation is 1. The minimum absolute atomic E-state index is 0.348. The van der Waals surface area contributed by atoms with E-state index in [0.29, 0.717) is 5.92 Å². The summed E-state index contributed by atoms with van der Waals surface area (Å²) in [5.41, 5.74) is 1.19. The highest BCUT2D eigenvalue weighted by Gasteiger charge is 2.26. The third kappa shape index (κ3) is 2.11. The first kappa shape index (κ1) is 11.2. The van der Waals surface area contributed by atoms with Gasteiger partial charge in [-0.05, 0) is 39.3 Å². The van der Waals surface area contributed by atoms with Gasteiger partial charge >= 0.3 is 0 Å². The van der Waals surface area contributed by atoms with Gasteiger partial charge in [0.2, 0.25) is 0 Å². The van der Waals surface area contributed by atoms with E-state index in [1.54, 1.807) is 0 Å². The van der Waals surface area contributed by atoms with Gasteiger partial charge in [-0.15, -0.1) is 0 Å². The number of nitrogens with zero attached hydrogens (tertiary/aromatic N) is 3. The van der Waals surface area contributed by atoms with Crippen molar-refractivity contribution in [3.05, 3.63) is 17.7 Å². The molecule has 0 aromatic carbocycles. The molecule has 1 aromatic heterocycles. The summed E-state index contributed by atoms with van der Waals surface area (Å²) in [5.74, 6) is 1.44. The van der Waals surface area contributed by atoms with E-state index in [1.165, 1.54) is 25.1 Å². The normalized spacial score (nSPS) is 30.2. The lowest BCUT2D eigenvalue weighted by Crippen LogP contribution is -2.30. The first-order valence-corrected chi connectivity index (χ1v) is 6.67. The fourth-order valence-corrected chi connectivity index (χ4v) is 3.08. The summed E-state index contributed by atoms with van der Waals surface area (Å²) in [5, 5.41) is 9.93. The summed E-state index contributed by atoms with van der Waals surface area (Å²) in [6.07, 6.45) is 6.23. The predicted octanol–water partition coefficient (Wildman–Crippen LogP) is 1.52. The zero-order valence-electron chi connectivity index (χ0n) is 10.5. The maximum absolute atomic E-state index is 9.93. The molecule has 4 heteroatoms. The van der Waals surface area contributed by atoms with Gasteiger partial charge in [0.05, 0.1) is 5.69 Å². The Kier molecular flexibility index (Phi) is 2.92. The van der Waals surface area contributed by atoms with Crippen molar-refractivity contribution in [2.75, 3.05) is 20.1 Å². The second kappa shape index (κ2) is 4.42. The molecule has 0 radical (unpaired) electrons. The number of piperidine rings is 1. The van der Waals surface area contributed by atoms with E-state index in [2.05, 4.69) is 27.7 Å². The smallest absolute Gasteiger partial charge is 0.137 e. The highest BCUT2D eigenvalue weighted by Crippen LogP contribution is 2.30. The lowest BCUT2D eigenvalue weighted by Gasteiger charge is -2.28. The summed E-state index contributed by atoms with van der Waals surface area (Å²) in [6, 6.07) is 0. The number of likely N-dealkylation sites (N-methyl/N-ethyl adjacent to an activating group) is 1. The average Bonchev–Trinajstić information content (AvgIpc) is 2.74. The van der Waals surface area contributed by atoms with E-state index >= 15 is 0 Å². The van der Waals surface area contributed by atoms with E-state index in [1.807, 2.05) is 0 Å². The molecular formula is C13H21N3O. The van der Waals surface area contributed by atoms with Crippen LogP contribution in [0, 0.1) is 0 Å². The number of hydrogen-bond donors (Lipinski definition) is 1. The highest BCUT2D eigenvalue weighted by atomic mass is 16.3. The number of imidazole rings is 1. The van der Waals surface area contributed by atoms with Crippen molar-refractivity contribution in [3.8, 4) is 0 Å². The number of fused-ring (bicyclic) bond motifs is 1. The molecule has 3 rings (SSSR count). The molecule has 2 unspecified atom stereocenters. The van der Waals surface area contributed by atoms with Gasteiger partial charge in [0.1, 0.15) is 11.9 Å². The maximum Gasteiger partial charge on any atom is 0.137 e. The molecule has 1 fully saturated rings. The summed E-state index contributed by atoms with van der Waals surface area (Å²) in [6.45, 7) is 3.32. The first-order chi connectivity index (χ1) is 8.24. The van der Waals surface area contributed by atoms with E-state index in [9.17, 15) is 5.11 Å². The molecular weight excluding hydrogens is 214 g/mol. The third-order valence-electron chi connectivity index (χ3n) is 4.04. The molecule has 17 heavy (non-hydrogen) atoms. The summed E-state index contributed by atoms with van der Waals surface area (Å²) in [4.78, 5) is 7.05. The highest BCUT2D eigenvalue weighted by molar-refractivity contribution is 5.14. The number of aliphatic hydroxyl groups excluding tert-OH is 1. The van der Waals surface area contributed by atoms with E-state index in [0.717, 1.165) is 31.8 Å². The summed E-state index contributed by atoms with van der Waals surface area (Å²) >= 11 is 0. The van der Waals surface area contributed by atoms with Crippen molar-refractivity contribution in [3.63, 3.8) is 0 Å². The molecule has 0 amide bonds. The molecule has 1 aromatic rings. The molecule has 2 aliphatic rings. The lowest BCUT2D eigenvalue weighted by molar-refractivity contribution is 0.133. The van der Waals surface area contributed by atoms with Crippen molar-refractivity contribution in [1.82, 2.24) is 14.5 Å². The SMILES string of the molecule is CN1CCCC(c2cn3c(n2)C(O)CCC3)C1. The second-order valence-electron chi connectivity index (χ2n) is 5.48. The molecule has 1 N–H and O–H groups in total. The van der Waals surface area contributed by atoms with Gasteiger partial charge in [-0.3, -0.25) is 0 Å². The molecule has 0 saturated carbocycles. The van der Waals surface area contributed by atoms with Crippen LogP contribution in [-0.4, -0.2) is 39.7 Å². The summed E-state index contributed by atoms with van der Waals surface area (Å²) in [7, 11) is 2.18. The standard InChI is InChI=1S/C13H21N3O/c1-15-6-2-4-10(8-15)11-9-16-7-3-5-12(17)13(16)14-11/h9-10,12,17H,2-8H2,1H3. The Balaban J connectivity index is 1.83. The van der Waals surface area contributed by atoms with Gasteiger partial charge in [-0.1, -0.05) is 0 Å². The monoisotopic (exact) mass is 235 g/mol. The van der Waals surface area contributed by atoms with E-state index in [4.69, 9.17) is 0 Å². The molecule has 94 valence electrons. The number of rotatable bonds is 1. The predicted molar refractivity (Wildman–Crippen MR) is 65.9 cm³/mol. The summed E-state index contributed by atoms with van der Waals surface area (Å²) < 4.78 is 2.15. The number of aromatic nitrogens is 2. The maximum atomic E-state index is 9.93. The molecule has 0 bridgehead atoms. The van der Waals surface area contributed by atoms with Crippen LogP contribution in [0.5, 0.6) is 0 Å². The Bertz CT molecular complexity index is 401. The van der Waals surface area contributed by atoms with Crippen LogP contribution < -0.4 is 0 Å². The molecule has 4 nitrogen and oxygen atoms in total. The average molecular weight is 235 g/mol. The largest absolute Gasteiger partial charge is 0.385 e. The second-order valence-corrected chi connectivity index (χ2v) is 5.48. The third-order valence-corrected chi connectivity index (χ3v) is 4.04. The number of aliphatic hydroxyl groups is 1. The van der Waals surface area contributed by atoms with Gasteiger partial charge < -0.3 is 14.6 Å². The molecule has 3 heterocycles. The van der Waals surface area contributed by atoms with Crippen LogP contribution in [0.3, 0.4) is 0 Å². The van der Waals surface area contributed by atoms with E-state index < -0.39 is 0 Å². The zero-order valence-corrected chi connectivity index (χ0v) is 10.5. The van der Waals surface area contributed by atoms with Crippen LogP contribution in [0.15, 0.2) is 6.20 Å². The van der Waals surface area contributed by atoms with Crippen LogP contribution >= 0.6 is 0 Å². The lowest BCUT2D eigenvalue weighted by atomic mass is 9.96. The Hall–Kier alpha value is -0.870. The topological polar surface area (TPSA) is 41.3 Å². The molecule has 1 saturated heterocycles. The quantitative estimate of drug-likeness (QED) is 0.802. The van der Waals surface area contributed by atoms with Gasteiger partial charge in [-0.2, -0.15) is 0 Å². The minimum atomic E-state index is -0.348. The van der Waals surface area contributed by atoms with Crippen molar-refractivity contribution >= 4 is 0 Å². The van der Waals surface area contributed by atoms with Crippen LogP contribution in [-0.2, 0) is 6.54 Å². The number of likely N-dealkylation sites (tertiary alicyclic amines) is 1. The van der Waals surface area contributed by atoms with Crippen LogP contribution in [0.4, 0.5) is 0 Å². The van der Waals surface area contributed by atoms with Gasteiger partial charge in [0, 0.05) is 25.2 Å². The van der Waals surface area contributed by atoms with Crippen molar-refractivity contribution in [2.24, 2.45) is 0 Å². The van der Waals surface area contributed by atoms with Crippen LogP contribution in [0.25, 0.3) is 0 Å². The Morgan fingerprint density at radius 2 is 2.12 bits per heavy atom. The van der Waals surface area contributed by atoms with Gasteiger partial charge in [0.25, 0.3) is 0 Å². The Morgan fingerprint density at radius 3 is 2.88 bits per heavy atom. The van der Waals surface area contributed by atoms with E-state index in [-0.39, 0.29) is 6.10 Å².